The zero-order chi connectivity index (χ0) is 27.3. The Labute approximate surface area is 223 Å². The fourth-order valence-electron chi connectivity index (χ4n) is 8.28. The molecular formula is C32H48O5. The first-order valence-electron chi connectivity index (χ1n) is 14.6. The molecule has 5 nitrogen and oxygen atoms in total. The number of fused-ring (bicyclic) bond motifs is 2. The molecule has 1 N–H and O–H groups in total. The monoisotopic (exact) mass is 512 g/mol. The van der Waals surface area contributed by atoms with E-state index in [0.717, 1.165) is 62.5 Å². The Balaban J connectivity index is 1.66. The summed E-state index contributed by atoms with van der Waals surface area (Å²) in [5.41, 5.74) is 2.04. The van der Waals surface area contributed by atoms with Crippen LogP contribution in [0.15, 0.2) is 23.8 Å². The van der Waals surface area contributed by atoms with Gasteiger partial charge in [0.25, 0.3) is 0 Å². The maximum Gasteiger partial charge on any atom is 0.317 e. The number of esters is 1. The maximum atomic E-state index is 14.2. The first-order valence-corrected chi connectivity index (χ1v) is 14.6. The third-order valence-electron chi connectivity index (χ3n) is 11.2. The lowest BCUT2D eigenvalue weighted by atomic mass is 9.60. The van der Waals surface area contributed by atoms with Gasteiger partial charge < -0.3 is 9.84 Å². The second kappa shape index (κ2) is 10.4. The fourth-order valence-corrected chi connectivity index (χ4v) is 8.28. The minimum Gasteiger partial charge on any atom is -0.461 e. The Morgan fingerprint density at radius 3 is 2.43 bits per heavy atom. The van der Waals surface area contributed by atoms with Gasteiger partial charge in [-0.1, -0.05) is 70.8 Å². The molecule has 5 heteroatoms. The Morgan fingerprint density at radius 2 is 1.86 bits per heavy atom. The number of hydrogen-bond acceptors (Lipinski definition) is 5. The molecule has 0 amide bonds. The predicted molar refractivity (Wildman–Crippen MR) is 145 cm³/mol. The standard InChI is InChI=1S/C32H48O5/c1-8-9-10-11-22-26(30(36)37-24-17-20-14-15-32(24,7)31(20,5)6)28(34)25(29(35)27(22)33)23-16-19(4)12-13-21(23)18(2)3/h16,20-26,29,35H,2,8-15,17H2,1,3-7H3/t20?,21-,22?,23+,24?,25?,26?,29?,32?/m0/s1. The molecule has 0 heterocycles. The summed E-state index contributed by atoms with van der Waals surface area (Å²) in [6, 6.07) is 0. The van der Waals surface area contributed by atoms with Crippen molar-refractivity contribution in [2.45, 2.75) is 112 Å². The number of aliphatic hydroxyl groups excluding tert-OH is 1. The van der Waals surface area contributed by atoms with Gasteiger partial charge in [0, 0.05) is 11.3 Å². The molecule has 7 unspecified atom stereocenters. The summed E-state index contributed by atoms with van der Waals surface area (Å²) in [5, 5.41) is 11.3. The smallest absolute Gasteiger partial charge is 0.317 e. The SMILES string of the molecule is C=C(C)[C@@H]1CCC(C)=C[C@H]1C1C(=O)C(C(=O)OC2CC3CCC2(C)C3(C)C)C(CCCCC)C(=O)C1O. The first-order chi connectivity index (χ1) is 17.3. The highest BCUT2D eigenvalue weighted by molar-refractivity contribution is 6.10. The van der Waals surface area contributed by atoms with Gasteiger partial charge in [-0.2, -0.15) is 0 Å². The summed E-state index contributed by atoms with van der Waals surface area (Å²) in [7, 11) is 0. The van der Waals surface area contributed by atoms with Crippen molar-refractivity contribution in [1.82, 2.24) is 0 Å². The zero-order valence-electron chi connectivity index (χ0n) is 23.8. The van der Waals surface area contributed by atoms with Crippen LogP contribution in [0.2, 0.25) is 0 Å². The summed E-state index contributed by atoms with van der Waals surface area (Å²) in [6.45, 7) is 17.0. The van der Waals surface area contributed by atoms with Crippen LogP contribution in [0.3, 0.4) is 0 Å². The van der Waals surface area contributed by atoms with E-state index < -0.39 is 29.8 Å². The van der Waals surface area contributed by atoms with Gasteiger partial charge in [-0.3, -0.25) is 14.4 Å². The second-order valence-corrected chi connectivity index (χ2v) is 13.5. The summed E-state index contributed by atoms with van der Waals surface area (Å²) in [4.78, 5) is 41.8. The highest BCUT2D eigenvalue weighted by atomic mass is 16.5. The van der Waals surface area contributed by atoms with Crippen LogP contribution < -0.4 is 0 Å². The zero-order valence-corrected chi connectivity index (χ0v) is 23.8. The number of Topliss-reactive ketones (excluding diaryl/α,β-unsaturated/α-hetero) is 2. The molecule has 4 aliphatic carbocycles. The van der Waals surface area contributed by atoms with Crippen LogP contribution in [0.4, 0.5) is 0 Å². The largest absolute Gasteiger partial charge is 0.461 e. The Bertz CT molecular complexity index is 976. The number of carbonyl (C=O) groups is 3. The van der Waals surface area contributed by atoms with Crippen LogP contribution in [0.25, 0.3) is 0 Å². The quantitative estimate of drug-likeness (QED) is 0.180. The van der Waals surface area contributed by atoms with E-state index >= 15 is 0 Å². The molecule has 9 atom stereocenters. The highest BCUT2D eigenvalue weighted by Gasteiger charge is 2.64. The van der Waals surface area contributed by atoms with Crippen molar-refractivity contribution in [3.05, 3.63) is 23.8 Å². The average molecular weight is 513 g/mol. The van der Waals surface area contributed by atoms with E-state index in [4.69, 9.17) is 4.74 Å². The molecule has 4 rings (SSSR count). The molecule has 0 spiro atoms. The third-order valence-corrected chi connectivity index (χ3v) is 11.2. The third kappa shape index (κ3) is 4.68. The Hall–Kier alpha value is -1.75. The van der Waals surface area contributed by atoms with Gasteiger partial charge in [-0.25, -0.2) is 0 Å². The van der Waals surface area contributed by atoms with Gasteiger partial charge in [-0.05, 0) is 75.5 Å². The number of unbranched alkanes of at least 4 members (excludes halogenated alkanes) is 2. The minimum atomic E-state index is -1.39. The molecule has 206 valence electrons. The number of rotatable bonds is 8. The summed E-state index contributed by atoms with van der Waals surface area (Å²) >= 11 is 0. The van der Waals surface area contributed by atoms with E-state index in [1.54, 1.807) is 0 Å². The number of hydrogen-bond donors (Lipinski definition) is 1. The van der Waals surface area contributed by atoms with Crippen molar-refractivity contribution >= 4 is 17.5 Å². The molecule has 0 aromatic heterocycles. The number of allylic oxidation sites excluding steroid dienone is 3. The lowest BCUT2D eigenvalue weighted by Gasteiger charge is -2.43. The van der Waals surface area contributed by atoms with Gasteiger partial charge in [-0.15, -0.1) is 0 Å². The Morgan fingerprint density at radius 1 is 1.16 bits per heavy atom. The summed E-state index contributed by atoms with van der Waals surface area (Å²) in [5.74, 6) is -3.93. The first kappa shape index (κ1) is 28.3. The molecule has 0 radical (unpaired) electrons. The average Bonchev–Trinajstić information content (AvgIpc) is 3.16. The molecule has 3 fully saturated rings. The number of ketones is 2. The number of aliphatic hydroxyl groups is 1. The number of ether oxygens (including phenoxy) is 1. The maximum absolute atomic E-state index is 14.2. The number of carbonyl (C=O) groups excluding carboxylic acids is 3. The van der Waals surface area contributed by atoms with E-state index in [0.29, 0.717) is 12.3 Å². The van der Waals surface area contributed by atoms with Gasteiger partial charge in [0.05, 0.1) is 5.92 Å². The van der Waals surface area contributed by atoms with Crippen molar-refractivity contribution in [2.24, 2.45) is 46.3 Å². The molecule has 37 heavy (non-hydrogen) atoms. The topological polar surface area (TPSA) is 80.7 Å². The fraction of sp³-hybridized carbons (Fsp3) is 0.781. The van der Waals surface area contributed by atoms with Crippen molar-refractivity contribution in [3.8, 4) is 0 Å². The summed E-state index contributed by atoms with van der Waals surface area (Å²) < 4.78 is 6.22. The van der Waals surface area contributed by atoms with Gasteiger partial charge in [0.2, 0.25) is 0 Å². The summed E-state index contributed by atoms with van der Waals surface area (Å²) in [6.07, 6.45) is 8.18. The van der Waals surface area contributed by atoms with Crippen LogP contribution in [0.1, 0.15) is 99.3 Å². The van der Waals surface area contributed by atoms with E-state index in [1.807, 2.05) is 19.9 Å². The highest BCUT2D eigenvalue weighted by Crippen LogP contribution is 2.66. The predicted octanol–water partition coefficient (Wildman–Crippen LogP) is 6.23. The lowest BCUT2D eigenvalue weighted by molar-refractivity contribution is -0.175. The molecule has 0 aromatic rings. The molecular weight excluding hydrogens is 464 g/mol. The van der Waals surface area contributed by atoms with Crippen molar-refractivity contribution in [2.75, 3.05) is 0 Å². The van der Waals surface area contributed by atoms with E-state index in [1.165, 1.54) is 0 Å². The van der Waals surface area contributed by atoms with Crippen molar-refractivity contribution in [1.29, 1.82) is 0 Å². The van der Waals surface area contributed by atoms with Crippen LogP contribution in [-0.2, 0) is 19.1 Å². The van der Waals surface area contributed by atoms with Crippen LogP contribution in [-0.4, -0.2) is 34.9 Å². The van der Waals surface area contributed by atoms with Crippen molar-refractivity contribution < 1.29 is 24.2 Å². The molecule has 4 aliphatic rings. The van der Waals surface area contributed by atoms with Crippen LogP contribution in [0, 0.1) is 46.3 Å². The minimum absolute atomic E-state index is 0.00121. The van der Waals surface area contributed by atoms with Gasteiger partial charge in [0.15, 0.2) is 11.6 Å². The van der Waals surface area contributed by atoms with E-state index in [2.05, 4.69) is 34.3 Å². The molecule has 0 aromatic carbocycles. The normalized spacial score (nSPS) is 41.0. The molecule has 0 saturated heterocycles. The van der Waals surface area contributed by atoms with Crippen molar-refractivity contribution in [3.63, 3.8) is 0 Å². The second-order valence-electron chi connectivity index (χ2n) is 13.5. The van der Waals surface area contributed by atoms with E-state index in [9.17, 15) is 19.5 Å². The molecule has 0 aliphatic heterocycles. The van der Waals surface area contributed by atoms with E-state index in [-0.39, 0.29) is 40.3 Å². The van der Waals surface area contributed by atoms with Crippen LogP contribution in [0.5, 0.6) is 0 Å². The van der Waals surface area contributed by atoms with Crippen LogP contribution >= 0.6 is 0 Å². The molecule has 3 saturated carbocycles. The van der Waals surface area contributed by atoms with Gasteiger partial charge >= 0.3 is 5.97 Å². The Kier molecular flexibility index (Phi) is 7.97. The molecule has 2 bridgehead atoms. The van der Waals surface area contributed by atoms with Gasteiger partial charge in [0.1, 0.15) is 18.1 Å². The lowest BCUT2D eigenvalue weighted by Crippen LogP contribution is -2.57.